The summed E-state index contributed by atoms with van der Waals surface area (Å²) >= 11 is 2.10. The minimum Gasteiger partial charge on any atom is -0.316 e. The third-order valence-corrected chi connectivity index (χ3v) is 6.39. The van der Waals surface area contributed by atoms with Crippen LogP contribution in [-0.2, 0) is 6.42 Å². The van der Waals surface area contributed by atoms with Crippen LogP contribution in [-0.4, -0.2) is 18.3 Å². The second kappa shape index (κ2) is 5.88. The van der Waals surface area contributed by atoms with Crippen molar-refractivity contribution in [1.82, 2.24) is 5.32 Å². The highest BCUT2D eigenvalue weighted by Crippen LogP contribution is 2.42. The monoisotopic (exact) mass is 275 g/mol. The molecule has 19 heavy (non-hydrogen) atoms. The molecule has 1 nitrogen and oxygen atoms in total. The van der Waals surface area contributed by atoms with Crippen molar-refractivity contribution in [3.8, 4) is 0 Å². The van der Waals surface area contributed by atoms with Gasteiger partial charge in [0.2, 0.25) is 0 Å². The number of rotatable bonds is 3. The smallest absolute Gasteiger partial charge is 0.0291 e. The van der Waals surface area contributed by atoms with Crippen molar-refractivity contribution in [3.05, 3.63) is 29.8 Å². The van der Waals surface area contributed by atoms with E-state index in [4.69, 9.17) is 0 Å². The summed E-state index contributed by atoms with van der Waals surface area (Å²) in [6, 6.07) is 9.63. The summed E-state index contributed by atoms with van der Waals surface area (Å²) in [7, 11) is 2.16. The van der Waals surface area contributed by atoms with Crippen molar-refractivity contribution in [2.75, 3.05) is 7.05 Å². The van der Waals surface area contributed by atoms with Crippen LogP contribution >= 0.6 is 11.8 Å². The van der Waals surface area contributed by atoms with Crippen LogP contribution in [0.25, 0.3) is 0 Å². The van der Waals surface area contributed by atoms with Crippen LogP contribution in [0.3, 0.4) is 0 Å². The lowest BCUT2D eigenvalue weighted by atomic mass is 9.78. The second-order valence-electron chi connectivity index (χ2n) is 6.30. The molecule has 1 saturated carbocycles. The van der Waals surface area contributed by atoms with Gasteiger partial charge in [0.25, 0.3) is 0 Å². The molecule has 2 atom stereocenters. The van der Waals surface area contributed by atoms with E-state index in [0.717, 1.165) is 17.1 Å². The second-order valence-corrected chi connectivity index (χ2v) is 7.58. The third-order valence-electron chi connectivity index (χ3n) is 4.97. The molecule has 2 aliphatic rings. The van der Waals surface area contributed by atoms with E-state index >= 15 is 0 Å². The van der Waals surface area contributed by atoms with Gasteiger partial charge in [-0.05, 0) is 49.8 Å². The number of fused-ring (bicyclic) bond motifs is 1. The normalized spacial score (nSPS) is 32.0. The summed E-state index contributed by atoms with van der Waals surface area (Å²) in [5.74, 6) is 1.83. The maximum absolute atomic E-state index is 3.64. The minimum atomic E-state index is 0.685. The number of benzene rings is 1. The molecule has 0 aromatic heterocycles. The van der Waals surface area contributed by atoms with Crippen molar-refractivity contribution in [2.45, 2.75) is 55.2 Å². The molecule has 2 unspecified atom stereocenters. The number of nitrogens with one attached hydrogen (secondary N) is 1. The van der Waals surface area contributed by atoms with Gasteiger partial charge in [-0.15, -0.1) is 11.8 Å². The van der Waals surface area contributed by atoms with E-state index in [0.29, 0.717) is 6.04 Å². The topological polar surface area (TPSA) is 12.0 Å². The van der Waals surface area contributed by atoms with Crippen LogP contribution in [0.2, 0.25) is 0 Å². The SMILES string of the molecule is CNC(C1CCC(C)CC1)C1Cc2ccccc2S1. The number of thioether (sulfide) groups is 1. The fraction of sp³-hybridized carbons (Fsp3) is 0.647. The Morgan fingerprint density at radius 1 is 1.16 bits per heavy atom. The van der Waals surface area contributed by atoms with Crippen LogP contribution < -0.4 is 5.32 Å². The van der Waals surface area contributed by atoms with Gasteiger partial charge < -0.3 is 5.32 Å². The summed E-state index contributed by atoms with van der Waals surface area (Å²) in [5.41, 5.74) is 1.56. The Balaban J connectivity index is 1.68. The molecule has 104 valence electrons. The van der Waals surface area contributed by atoms with Crippen LogP contribution in [0.15, 0.2) is 29.2 Å². The molecule has 1 heterocycles. The van der Waals surface area contributed by atoms with E-state index < -0.39 is 0 Å². The van der Waals surface area contributed by atoms with Crippen LogP contribution in [0.1, 0.15) is 38.2 Å². The third kappa shape index (κ3) is 2.85. The molecule has 0 bridgehead atoms. The quantitative estimate of drug-likeness (QED) is 0.890. The Bertz CT molecular complexity index is 398. The van der Waals surface area contributed by atoms with E-state index in [9.17, 15) is 0 Å². The van der Waals surface area contributed by atoms with Crippen molar-refractivity contribution >= 4 is 11.8 Å². The molecule has 1 aliphatic heterocycles. The molecule has 0 amide bonds. The molecule has 1 fully saturated rings. The molecule has 0 saturated heterocycles. The van der Waals surface area contributed by atoms with Gasteiger partial charge in [0.15, 0.2) is 0 Å². The zero-order valence-electron chi connectivity index (χ0n) is 12.1. The van der Waals surface area contributed by atoms with Crippen molar-refractivity contribution in [3.63, 3.8) is 0 Å². The standard InChI is InChI=1S/C17H25NS/c1-12-7-9-13(10-8-12)17(18-2)16-11-14-5-3-4-6-15(14)19-16/h3-6,12-13,16-18H,7-11H2,1-2H3. The average Bonchev–Trinajstić information content (AvgIpc) is 2.85. The summed E-state index contributed by atoms with van der Waals surface area (Å²) in [5, 5.41) is 4.38. The zero-order chi connectivity index (χ0) is 13.2. The van der Waals surface area contributed by atoms with E-state index in [1.165, 1.54) is 37.0 Å². The summed E-state index contributed by atoms with van der Waals surface area (Å²) < 4.78 is 0. The molecule has 1 aromatic rings. The largest absolute Gasteiger partial charge is 0.316 e. The number of hydrogen-bond acceptors (Lipinski definition) is 2. The van der Waals surface area contributed by atoms with Crippen LogP contribution in [0, 0.1) is 11.8 Å². The summed E-state index contributed by atoms with van der Waals surface area (Å²) in [4.78, 5) is 1.51. The Hall–Kier alpha value is -0.470. The Kier molecular flexibility index (Phi) is 4.18. The lowest BCUT2D eigenvalue weighted by Crippen LogP contribution is -2.43. The van der Waals surface area contributed by atoms with Crippen LogP contribution in [0.4, 0.5) is 0 Å². The molecule has 2 heteroatoms. The van der Waals surface area contributed by atoms with Gasteiger partial charge in [0.1, 0.15) is 0 Å². The van der Waals surface area contributed by atoms with E-state index in [1.54, 1.807) is 5.56 Å². The van der Waals surface area contributed by atoms with Gasteiger partial charge in [-0.3, -0.25) is 0 Å². The summed E-state index contributed by atoms with van der Waals surface area (Å²) in [6.45, 7) is 2.41. The average molecular weight is 275 g/mol. The Morgan fingerprint density at radius 2 is 1.89 bits per heavy atom. The van der Waals surface area contributed by atoms with Crippen molar-refractivity contribution in [2.24, 2.45) is 11.8 Å². The highest BCUT2D eigenvalue weighted by atomic mass is 32.2. The molecule has 1 N–H and O–H groups in total. The van der Waals surface area contributed by atoms with Gasteiger partial charge in [0, 0.05) is 16.2 Å². The maximum atomic E-state index is 3.64. The molecule has 1 aromatic carbocycles. The Labute approximate surface area is 121 Å². The fourth-order valence-electron chi connectivity index (χ4n) is 3.78. The lowest BCUT2D eigenvalue weighted by molar-refractivity contribution is 0.233. The molecule has 0 spiro atoms. The highest BCUT2D eigenvalue weighted by Gasteiger charge is 2.34. The molecule has 1 aliphatic carbocycles. The van der Waals surface area contributed by atoms with E-state index in [2.05, 4.69) is 55.3 Å². The van der Waals surface area contributed by atoms with Gasteiger partial charge in [-0.25, -0.2) is 0 Å². The summed E-state index contributed by atoms with van der Waals surface area (Å²) in [6.07, 6.45) is 6.93. The fourth-order valence-corrected chi connectivity index (χ4v) is 5.33. The molecular formula is C17H25NS. The lowest BCUT2D eigenvalue weighted by Gasteiger charge is -2.35. The van der Waals surface area contributed by atoms with Crippen molar-refractivity contribution in [1.29, 1.82) is 0 Å². The Morgan fingerprint density at radius 3 is 2.58 bits per heavy atom. The highest BCUT2D eigenvalue weighted by molar-refractivity contribution is 8.00. The minimum absolute atomic E-state index is 0.685. The van der Waals surface area contributed by atoms with Crippen LogP contribution in [0.5, 0.6) is 0 Å². The van der Waals surface area contributed by atoms with E-state index in [-0.39, 0.29) is 0 Å². The first-order valence-electron chi connectivity index (χ1n) is 7.69. The molecular weight excluding hydrogens is 250 g/mol. The number of hydrogen-bond donors (Lipinski definition) is 1. The zero-order valence-corrected chi connectivity index (χ0v) is 12.9. The first-order valence-corrected chi connectivity index (χ1v) is 8.57. The van der Waals surface area contributed by atoms with Gasteiger partial charge in [-0.2, -0.15) is 0 Å². The van der Waals surface area contributed by atoms with Crippen molar-refractivity contribution < 1.29 is 0 Å². The predicted octanol–water partition coefficient (Wildman–Crippen LogP) is 4.12. The first kappa shape index (κ1) is 13.5. The van der Waals surface area contributed by atoms with Gasteiger partial charge in [-0.1, -0.05) is 38.0 Å². The van der Waals surface area contributed by atoms with Gasteiger partial charge in [0.05, 0.1) is 0 Å². The molecule has 3 rings (SSSR count). The van der Waals surface area contributed by atoms with Gasteiger partial charge >= 0.3 is 0 Å². The van der Waals surface area contributed by atoms with E-state index in [1.807, 2.05) is 0 Å². The maximum Gasteiger partial charge on any atom is 0.0291 e. The first-order chi connectivity index (χ1) is 9.28. The molecule has 0 radical (unpaired) electrons. The predicted molar refractivity (Wildman–Crippen MR) is 83.8 cm³/mol.